The Morgan fingerprint density at radius 1 is 1.38 bits per heavy atom. The van der Waals surface area contributed by atoms with Gasteiger partial charge in [-0.15, -0.1) is 11.3 Å². The van der Waals surface area contributed by atoms with E-state index in [2.05, 4.69) is 11.4 Å². The van der Waals surface area contributed by atoms with E-state index in [1.807, 2.05) is 11.3 Å². The molecule has 88 valence electrons. The molecule has 2 heterocycles. The van der Waals surface area contributed by atoms with Gasteiger partial charge < -0.3 is 10.5 Å². The van der Waals surface area contributed by atoms with Gasteiger partial charge in [0.1, 0.15) is 6.10 Å². The molecule has 16 heavy (non-hydrogen) atoms. The number of ether oxygens (including phenoxy) is 1. The second-order valence-electron chi connectivity index (χ2n) is 5.07. The Morgan fingerprint density at radius 2 is 2.19 bits per heavy atom. The van der Waals surface area contributed by atoms with E-state index < -0.39 is 0 Å². The topological polar surface area (TPSA) is 35.2 Å². The molecule has 1 aromatic heterocycles. The van der Waals surface area contributed by atoms with Crippen molar-refractivity contribution in [3.63, 3.8) is 0 Å². The Bertz CT molecular complexity index is 368. The number of hydrogen-bond acceptors (Lipinski definition) is 3. The Balaban J connectivity index is 1.99. The van der Waals surface area contributed by atoms with Crippen molar-refractivity contribution < 1.29 is 4.74 Å². The molecule has 2 N–H and O–H groups in total. The van der Waals surface area contributed by atoms with Gasteiger partial charge >= 0.3 is 0 Å². The Labute approximate surface area is 101 Å². The molecule has 1 aliphatic carbocycles. The maximum Gasteiger partial charge on any atom is 0.104 e. The van der Waals surface area contributed by atoms with Gasteiger partial charge in [-0.25, -0.2) is 0 Å². The van der Waals surface area contributed by atoms with Crippen LogP contribution in [0.5, 0.6) is 0 Å². The highest BCUT2D eigenvalue weighted by molar-refractivity contribution is 7.10. The van der Waals surface area contributed by atoms with E-state index in [1.54, 1.807) is 5.56 Å². The summed E-state index contributed by atoms with van der Waals surface area (Å²) in [5, 5.41) is 2.21. The molecule has 0 amide bonds. The first-order valence-electron chi connectivity index (χ1n) is 6.25. The molecule has 0 radical (unpaired) electrons. The van der Waals surface area contributed by atoms with E-state index in [0.29, 0.717) is 12.0 Å². The van der Waals surface area contributed by atoms with Crippen molar-refractivity contribution >= 4 is 11.3 Å². The Kier molecular flexibility index (Phi) is 2.78. The second-order valence-corrected chi connectivity index (χ2v) is 6.02. The number of thiophene rings is 1. The van der Waals surface area contributed by atoms with Crippen LogP contribution < -0.4 is 5.73 Å². The zero-order chi connectivity index (χ0) is 11.0. The number of hydrogen-bond donors (Lipinski definition) is 1. The summed E-state index contributed by atoms with van der Waals surface area (Å²) < 4.78 is 5.99. The van der Waals surface area contributed by atoms with Gasteiger partial charge in [-0.1, -0.05) is 19.3 Å². The van der Waals surface area contributed by atoms with Crippen LogP contribution in [0.2, 0.25) is 0 Å². The van der Waals surface area contributed by atoms with Crippen molar-refractivity contribution in [2.24, 2.45) is 5.73 Å². The molecular weight excluding hydrogens is 218 g/mol. The molecule has 1 spiro atoms. The van der Waals surface area contributed by atoms with Crippen molar-refractivity contribution in [3.05, 3.63) is 21.9 Å². The van der Waals surface area contributed by atoms with Crippen molar-refractivity contribution in [2.75, 3.05) is 13.2 Å². The van der Waals surface area contributed by atoms with Crippen molar-refractivity contribution in [1.82, 2.24) is 0 Å². The third kappa shape index (κ3) is 1.53. The van der Waals surface area contributed by atoms with E-state index in [1.165, 1.54) is 37.0 Å². The lowest BCUT2D eigenvalue weighted by molar-refractivity contribution is -0.00680. The zero-order valence-electron chi connectivity index (χ0n) is 9.58. The molecule has 3 heteroatoms. The summed E-state index contributed by atoms with van der Waals surface area (Å²) in [6.45, 7) is 1.50. The van der Waals surface area contributed by atoms with Crippen LogP contribution in [-0.4, -0.2) is 13.2 Å². The first kappa shape index (κ1) is 10.8. The second kappa shape index (κ2) is 4.13. The minimum absolute atomic E-state index is 0.155. The third-order valence-electron chi connectivity index (χ3n) is 4.14. The molecule has 0 bridgehead atoms. The lowest BCUT2D eigenvalue weighted by atomic mass is 9.69. The Morgan fingerprint density at radius 3 is 2.94 bits per heavy atom. The normalized spacial score (nSPS) is 27.9. The molecule has 1 aromatic rings. The fraction of sp³-hybridized carbons (Fsp3) is 0.692. The standard InChI is InChI=1S/C13H19NOS/c14-8-11-12-10(4-7-16-12)13(9-15-11)5-2-1-3-6-13/h4,7,11H,1-3,5-6,8-9,14H2. The largest absolute Gasteiger partial charge is 0.370 e. The molecule has 1 saturated carbocycles. The molecule has 1 atom stereocenters. The van der Waals surface area contributed by atoms with Gasteiger partial charge in [0.15, 0.2) is 0 Å². The van der Waals surface area contributed by atoms with Gasteiger partial charge in [0.25, 0.3) is 0 Å². The van der Waals surface area contributed by atoms with Gasteiger partial charge in [-0.2, -0.15) is 0 Å². The lowest BCUT2D eigenvalue weighted by Crippen LogP contribution is -2.40. The molecule has 0 aromatic carbocycles. The maximum atomic E-state index is 5.99. The minimum Gasteiger partial charge on any atom is -0.370 e. The van der Waals surface area contributed by atoms with Crippen molar-refractivity contribution in [2.45, 2.75) is 43.6 Å². The first-order chi connectivity index (χ1) is 7.86. The average molecular weight is 237 g/mol. The van der Waals surface area contributed by atoms with E-state index >= 15 is 0 Å². The number of fused-ring (bicyclic) bond motifs is 2. The maximum absolute atomic E-state index is 5.99. The van der Waals surface area contributed by atoms with Gasteiger partial charge in [0, 0.05) is 16.8 Å². The lowest BCUT2D eigenvalue weighted by Gasteiger charge is -2.42. The number of rotatable bonds is 1. The smallest absolute Gasteiger partial charge is 0.104 e. The molecule has 1 fully saturated rings. The summed E-state index contributed by atoms with van der Waals surface area (Å²) in [4.78, 5) is 1.40. The van der Waals surface area contributed by atoms with Crippen molar-refractivity contribution in [3.8, 4) is 0 Å². The Hall–Kier alpha value is -0.380. The van der Waals surface area contributed by atoms with E-state index in [-0.39, 0.29) is 6.10 Å². The predicted molar refractivity (Wildman–Crippen MR) is 66.8 cm³/mol. The van der Waals surface area contributed by atoms with Crippen LogP contribution in [0.15, 0.2) is 11.4 Å². The monoisotopic (exact) mass is 237 g/mol. The fourth-order valence-electron chi connectivity index (χ4n) is 3.24. The van der Waals surface area contributed by atoms with Gasteiger partial charge in [-0.05, 0) is 29.9 Å². The number of nitrogens with two attached hydrogens (primary N) is 1. The summed E-state index contributed by atoms with van der Waals surface area (Å²) in [5.41, 5.74) is 7.66. The summed E-state index contributed by atoms with van der Waals surface area (Å²) >= 11 is 1.82. The van der Waals surface area contributed by atoms with Crippen LogP contribution in [0.4, 0.5) is 0 Å². The van der Waals surface area contributed by atoms with Crippen LogP contribution in [0, 0.1) is 0 Å². The van der Waals surface area contributed by atoms with E-state index in [0.717, 1.165) is 6.61 Å². The van der Waals surface area contributed by atoms with Gasteiger partial charge in [0.2, 0.25) is 0 Å². The predicted octanol–water partition coefficient (Wildman–Crippen LogP) is 2.98. The van der Waals surface area contributed by atoms with Gasteiger partial charge in [0.05, 0.1) is 6.61 Å². The fourth-order valence-corrected chi connectivity index (χ4v) is 4.32. The highest BCUT2D eigenvalue weighted by atomic mass is 32.1. The molecule has 3 rings (SSSR count). The van der Waals surface area contributed by atoms with Crippen LogP contribution in [-0.2, 0) is 10.2 Å². The van der Waals surface area contributed by atoms with Crippen molar-refractivity contribution in [1.29, 1.82) is 0 Å². The zero-order valence-corrected chi connectivity index (χ0v) is 10.4. The summed E-state index contributed by atoms with van der Waals surface area (Å²) in [6, 6.07) is 2.32. The quantitative estimate of drug-likeness (QED) is 0.815. The molecule has 2 nitrogen and oxygen atoms in total. The SMILES string of the molecule is NCC1OCC2(CCCCC2)c2ccsc21. The van der Waals surface area contributed by atoms with Gasteiger partial charge in [-0.3, -0.25) is 0 Å². The minimum atomic E-state index is 0.155. The molecular formula is C13H19NOS. The van der Waals surface area contributed by atoms with E-state index in [9.17, 15) is 0 Å². The third-order valence-corrected chi connectivity index (χ3v) is 5.15. The highest BCUT2D eigenvalue weighted by Gasteiger charge is 2.41. The first-order valence-corrected chi connectivity index (χ1v) is 7.13. The summed E-state index contributed by atoms with van der Waals surface area (Å²) in [5.74, 6) is 0. The van der Waals surface area contributed by atoms with Crippen LogP contribution >= 0.6 is 11.3 Å². The van der Waals surface area contributed by atoms with Crippen LogP contribution in [0.25, 0.3) is 0 Å². The summed E-state index contributed by atoms with van der Waals surface area (Å²) in [6.07, 6.45) is 6.85. The van der Waals surface area contributed by atoms with Crippen LogP contribution in [0.3, 0.4) is 0 Å². The average Bonchev–Trinajstić information content (AvgIpc) is 2.81. The highest BCUT2D eigenvalue weighted by Crippen LogP contribution is 2.48. The van der Waals surface area contributed by atoms with Crippen LogP contribution in [0.1, 0.15) is 48.6 Å². The van der Waals surface area contributed by atoms with E-state index in [4.69, 9.17) is 10.5 Å². The molecule has 2 aliphatic rings. The molecule has 1 unspecified atom stereocenters. The molecule has 1 aliphatic heterocycles. The molecule has 0 saturated heterocycles. The summed E-state index contributed by atoms with van der Waals surface area (Å²) in [7, 11) is 0.